The van der Waals surface area contributed by atoms with Gasteiger partial charge < -0.3 is 4.74 Å². The molecular formula is C32H28FN5O2S. The maximum atomic E-state index is 14.8. The summed E-state index contributed by atoms with van der Waals surface area (Å²) in [5, 5.41) is 9.26. The van der Waals surface area contributed by atoms with Crippen molar-refractivity contribution < 1.29 is 9.13 Å². The van der Waals surface area contributed by atoms with Crippen molar-refractivity contribution in [1.82, 2.24) is 24.4 Å². The lowest BCUT2D eigenvalue weighted by molar-refractivity contribution is 0.321. The topological polar surface area (TPSA) is 74.3 Å². The van der Waals surface area contributed by atoms with Crippen molar-refractivity contribution in [1.29, 1.82) is 0 Å². The van der Waals surface area contributed by atoms with Crippen LogP contribution >= 0.6 is 11.3 Å². The zero-order valence-electron chi connectivity index (χ0n) is 23.1. The summed E-state index contributed by atoms with van der Waals surface area (Å²) < 4.78 is 23.7. The summed E-state index contributed by atoms with van der Waals surface area (Å²) in [5.41, 5.74) is 4.44. The number of ether oxygens (including phenoxy) is 1. The van der Waals surface area contributed by atoms with Crippen molar-refractivity contribution in [2.45, 2.75) is 33.1 Å². The molecule has 3 aromatic heterocycles. The average molecular weight is 566 g/mol. The lowest BCUT2D eigenvalue weighted by Crippen LogP contribution is -2.23. The third-order valence-corrected chi connectivity index (χ3v) is 7.71. The first-order chi connectivity index (χ1) is 19.7. The fraction of sp³-hybridized carbons (Fsp3) is 0.188. The number of thiazole rings is 1. The molecule has 0 aliphatic carbocycles. The number of hydrogen-bond donors (Lipinski definition) is 0. The Morgan fingerprint density at radius 2 is 1.71 bits per heavy atom. The Labute approximate surface area is 240 Å². The minimum Gasteiger partial charge on any atom is -0.491 e. The molecule has 0 N–H and O–H groups in total. The van der Waals surface area contributed by atoms with E-state index >= 15 is 0 Å². The van der Waals surface area contributed by atoms with Crippen LogP contribution < -0.4 is 14.8 Å². The number of halogens is 1. The minimum absolute atomic E-state index is 0.0394. The highest BCUT2D eigenvalue weighted by atomic mass is 32.1. The molecule has 0 amide bonds. The van der Waals surface area contributed by atoms with Gasteiger partial charge >= 0.3 is 0 Å². The zero-order chi connectivity index (χ0) is 28.7. The normalized spacial score (nSPS) is 12.4. The fourth-order valence-corrected chi connectivity index (χ4v) is 5.47. The Morgan fingerprint density at radius 3 is 2.37 bits per heavy atom. The van der Waals surface area contributed by atoms with Crippen LogP contribution in [0.25, 0.3) is 39.4 Å². The van der Waals surface area contributed by atoms with Crippen LogP contribution in [-0.2, 0) is 5.41 Å². The fourth-order valence-electron chi connectivity index (χ4n) is 4.57. The Morgan fingerprint density at radius 1 is 0.976 bits per heavy atom. The second-order valence-electron chi connectivity index (χ2n) is 10.7. The van der Waals surface area contributed by atoms with Gasteiger partial charge in [-0.2, -0.15) is 14.6 Å². The number of aromatic nitrogens is 5. The van der Waals surface area contributed by atoms with Crippen LogP contribution in [0.4, 0.5) is 4.39 Å². The Balaban J connectivity index is 1.43. The molecule has 206 valence electrons. The maximum absolute atomic E-state index is 14.8. The molecule has 0 saturated carbocycles. The molecule has 3 heterocycles. The summed E-state index contributed by atoms with van der Waals surface area (Å²) >= 11 is 1.25. The predicted octanol–water partition coefficient (Wildman–Crippen LogP) is 6.05. The van der Waals surface area contributed by atoms with Crippen LogP contribution in [0.2, 0.25) is 0 Å². The van der Waals surface area contributed by atoms with Crippen molar-refractivity contribution in [3.8, 4) is 34.1 Å². The number of benzene rings is 3. The van der Waals surface area contributed by atoms with Crippen molar-refractivity contribution in [3.05, 3.63) is 111 Å². The standard InChI is InChI=1S/C32H28FN5O2S/c1-5-40-26-16-13-21(17-25(26)33)28-22(19-37(35-28)24-9-7-6-8-10-24)18-27-30(39)38-31(41-27)34-29(36-38)20-11-14-23(15-12-20)32(2,3)4/h6-19H,5H2,1-4H3. The Bertz CT molecular complexity index is 1970. The van der Waals surface area contributed by atoms with Crippen LogP contribution in [0.1, 0.15) is 38.8 Å². The molecule has 41 heavy (non-hydrogen) atoms. The monoisotopic (exact) mass is 565 g/mol. The lowest BCUT2D eigenvalue weighted by atomic mass is 9.87. The second-order valence-corrected chi connectivity index (χ2v) is 11.7. The summed E-state index contributed by atoms with van der Waals surface area (Å²) in [6, 6.07) is 22.5. The van der Waals surface area contributed by atoms with Gasteiger partial charge in [0.15, 0.2) is 17.4 Å². The van der Waals surface area contributed by atoms with E-state index in [-0.39, 0.29) is 16.7 Å². The van der Waals surface area contributed by atoms with E-state index in [1.807, 2.05) is 48.7 Å². The highest BCUT2D eigenvalue weighted by Crippen LogP contribution is 2.29. The van der Waals surface area contributed by atoms with Crippen LogP contribution in [0.15, 0.2) is 83.8 Å². The maximum Gasteiger partial charge on any atom is 0.291 e. The van der Waals surface area contributed by atoms with Crippen LogP contribution in [0.5, 0.6) is 5.75 Å². The van der Waals surface area contributed by atoms with E-state index in [0.717, 1.165) is 11.3 Å². The van der Waals surface area contributed by atoms with Gasteiger partial charge in [0.2, 0.25) is 4.96 Å². The molecule has 6 rings (SSSR count). The van der Waals surface area contributed by atoms with Gasteiger partial charge in [-0.3, -0.25) is 4.79 Å². The largest absolute Gasteiger partial charge is 0.491 e. The van der Waals surface area contributed by atoms with Crippen molar-refractivity contribution >= 4 is 22.4 Å². The molecule has 0 bridgehead atoms. The highest BCUT2D eigenvalue weighted by Gasteiger charge is 2.18. The zero-order valence-corrected chi connectivity index (χ0v) is 23.9. The summed E-state index contributed by atoms with van der Waals surface area (Å²) in [5.74, 6) is 0.208. The lowest BCUT2D eigenvalue weighted by Gasteiger charge is -2.18. The Kier molecular flexibility index (Phi) is 6.75. The number of para-hydroxylation sites is 1. The molecular weight excluding hydrogens is 537 g/mol. The molecule has 6 aromatic rings. The number of nitrogens with zero attached hydrogens (tertiary/aromatic N) is 5. The SMILES string of the molecule is CCOc1ccc(-c2nn(-c3ccccc3)cc2C=c2sc3nc(-c4ccc(C(C)(C)C)cc4)nn3c2=O)cc1F. The van der Waals surface area contributed by atoms with Crippen molar-refractivity contribution in [2.24, 2.45) is 0 Å². The molecule has 0 saturated heterocycles. The van der Waals surface area contributed by atoms with E-state index in [1.54, 1.807) is 29.8 Å². The van der Waals surface area contributed by atoms with Gasteiger partial charge in [-0.1, -0.05) is 74.6 Å². The molecule has 0 atom stereocenters. The first kappa shape index (κ1) is 26.6. The quantitative estimate of drug-likeness (QED) is 0.246. The molecule has 9 heteroatoms. The molecule has 0 aliphatic heterocycles. The minimum atomic E-state index is -0.476. The van der Waals surface area contributed by atoms with E-state index in [1.165, 1.54) is 27.5 Å². The van der Waals surface area contributed by atoms with Gasteiger partial charge in [-0.15, -0.1) is 5.10 Å². The first-order valence-electron chi connectivity index (χ1n) is 13.3. The number of fused-ring (bicyclic) bond motifs is 1. The molecule has 0 fully saturated rings. The molecule has 7 nitrogen and oxygen atoms in total. The first-order valence-corrected chi connectivity index (χ1v) is 14.1. The molecule has 3 aromatic carbocycles. The van der Waals surface area contributed by atoms with Crippen LogP contribution in [0, 0.1) is 5.82 Å². The van der Waals surface area contributed by atoms with Gasteiger partial charge in [0.25, 0.3) is 5.56 Å². The third-order valence-electron chi connectivity index (χ3n) is 6.75. The third kappa shape index (κ3) is 5.16. The van der Waals surface area contributed by atoms with Crippen molar-refractivity contribution in [2.75, 3.05) is 6.61 Å². The van der Waals surface area contributed by atoms with E-state index in [9.17, 15) is 9.18 Å². The molecule has 0 unspecified atom stereocenters. The van der Waals surface area contributed by atoms with Gasteiger partial charge in [0.1, 0.15) is 5.69 Å². The average Bonchev–Trinajstić information content (AvgIpc) is 3.65. The second kappa shape index (κ2) is 10.4. The summed E-state index contributed by atoms with van der Waals surface area (Å²) in [7, 11) is 0. The van der Waals surface area contributed by atoms with E-state index in [4.69, 9.17) is 9.84 Å². The molecule has 0 aliphatic rings. The van der Waals surface area contributed by atoms with Gasteiger partial charge in [-0.05, 0) is 54.3 Å². The smallest absolute Gasteiger partial charge is 0.291 e. The molecule has 0 spiro atoms. The summed E-state index contributed by atoms with van der Waals surface area (Å²) in [6.07, 6.45) is 3.59. The molecule has 0 radical (unpaired) electrons. The predicted molar refractivity (Wildman–Crippen MR) is 160 cm³/mol. The van der Waals surface area contributed by atoms with Gasteiger partial charge in [-0.25, -0.2) is 9.07 Å². The van der Waals surface area contributed by atoms with Gasteiger partial charge in [0.05, 0.1) is 16.8 Å². The van der Waals surface area contributed by atoms with E-state index in [2.05, 4.69) is 43.0 Å². The van der Waals surface area contributed by atoms with E-state index in [0.29, 0.717) is 38.7 Å². The van der Waals surface area contributed by atoms with E-state index < -0.39 is 5.82 Å². The van der Waals surface area contributed by atoms with Gasteiger partial charge in [0, 0.05) is 22.9 Å². The van der Waals surface area contributed by atoms with Crippen LogP contribution in [0.3, 0.4) is 0 Å². The van der Waals surface area contributed by atoms with Crippen molar-refractivity contribution in [3.63, 3.8) is 0 Å². The number of rotatable bonds is 6. The summed E-state index contributed by atoms with van der Waals surface area (Å²) in [4.78, 5) is 18.5. The number of hydrogen-bond acceptors (Lipinski definition) is 6. The Hall–Kier alpha value is -4.63. The van der Waals surface area contributed by atoms with Crippen LogP contribution in [-0.4, -0.2) is 31.0 Å². The highest BCUT2D eigenvalue weighted by molar-refractivity contribution is 7.15. The summed E-state index contributed by atoms with van der Waals surface area (Å²) in [6.45, 7) is 8.66.